The molecule has 0 spiro atoms. The molecule has 3 nitrogen and oxygen atoms in total. The highest BCUT2D eigenvalue weighted by molar-refractivity contribution is 5.65. The molecule has 16 heavy (non-hydrogen) atoms. The largest absolute Gasteiger partial charge is 0.316 e. The molecule has 2 rings (SSSR count). The zero-order valence-electron chi connectivity index (χ0n) is 9.99. The van der Waals surface area contributed by atoms with E-state index in [1.807, 2.05) is 25.7 Å². The fraction of sp³-hybridized carbons (Fsp3) is 0.308. The predicted octanol–water partition coefficient (Wildman–Crippen LogP) is 2.11. The van der Waals surface area contributed by atoms with Crippen molar-refractivity contribution < 1.29 is 0 Å². The molecule has 1 N–H and O–H groups in total. The maximum Gasteiger partial charge on any atom is 0.0671 e. The van der Waals surface area contributed by atoms with Gasteiger partial charge in [-0.2, -0.15) is 5.10 Å². The normalized spacial score (nSPS) is 10.7. The molecule has 0 fully saturated rings. The summed E-state index contributed by atoms with van der Waals surface area (Å²) in [6.07, 6.45) is 2.06. The van der Waals surface area contributed by atoms with Crippen molar-refractivity contribution in [2.75, 3.05) is 7.05 Å². The average molecular weight is 215 g/mol. The molecule has 0 saturated carbocycles. The molecule has 1 heterocycles. The van der Waals surface area contributed by atoms with Crippen molar-refractivity contribution in [3.05, 3.63) is 41.7 Å². The van der Waals surface area contributed by atoms with E-state index in [9.17, 15) is 0 Å². The second kappa shape index (κ2) is 4.49. The number of rotatable bonds is 3. The summed E-state index contributed by atoms with van der Waals surface area (Å²) in [5, 5.41) is 7.49. The molecule has 0 atom stereocenters. The fourth-order valence-corrected chi connectivity index (χ4v) is 1.89. The first-order chi connectivity index (χ1) is 7.70. The lowest BCUT2D eigenvalue weighted by atomic mass is 10.1. The van der Waals surface area contributed by atoms with Gasteiger partial charge in [0.15, 0.2) is 0 Å². The van der Waals surface area contributed by atoms with Gasteiger partial charge < -0.3 is 5.32 Å². The van der Waals surface area contributed by atoms with Gasteiger partial charge in [0.2, 0.25) is 0 Å². The Hall–Kier alpha value is -1.61. The van der Waals surface area contributed by atoms with E-state index < -0.39 is 0 Å². The predicted molar refractivity (Wildman–Crippen MR) is 66.1 cm³/mol. The van der Waals surface area contributed by atoms with Gasteiger partial charge in [0, 0.05) is 25.4 Å². The standard InChI is InChI=1S/C13H17N3/c1-10-13(9-16(3)15-10)12-6-4-11(5-7-12)8-14-2/h4-7,9,14H,8H2,1-3H3. The van der Waals surface area contributed by atoms with E-state index in [-0.39, 0.29) is 0 Å². The summed E-state index contributed by atoms with van der Waals surface area (Å²) in [6.45, 7) is 2.95. The minimum Gasteiger partial charge on any atom is -0.316 e. The van der Waals surface area contributed by atoms with Crippen LogP contribution in [0.1, 0.15) is 11.3 Å². The monoisotopic (exact) mass is 215 g/mol. The Morgan fingerprint density at radius 2 is 1.94 bits per heavy atom. The summed E-state index contributed by atoms with van der Waals surface area (Å²) in [5.74, 6) is 0. The van der Waals surface area contributed by atoms with Crippen molar-refractivity contribution in [2.24, 2.45) is 7.05 Å². The van der Waals surface area contributed by atoms with Crippen LogP contribution in [0.2, 0.25) is 0 Å². The number of aryl methyl sites for hydroxylation is 2. The zero-order chi connectivity index (χ0) is 11.5. The van der Waals surface area contributed by atoms with Crippen molar-refractivity contribution in [1.82, 2.24) is 15.1 Å². The maximum atomic E-state index is 4.35. The highest BCUT2D eigenvalue weighted by atomic mass is 15.2. The van der Waals surface area contributed by atoms with E-state index in [1.165, 1.54) is 16.7 Å². The third kappa shape index (κ3) is 2.14. The Bertz CT molecular complexity index is 468. The summed E-state index contributed by atoms with van der Waals surface area (Å²) >= 11 is 0. The number of hydrogen-bond acceptors (Lipinski definition) is 2. The van der Waals surface area contributed by atoms with Gasteiger partial charge in [0.1, 0.15) is 0 Å². The smallest absolute Gasteiger partial charge is 0.0671 e. The number of benzene rings is 1. The van der Waals surface area contributed by atoms with Gasteiger partial charge in [-0.1, -0.05) is 24.3 Å². The number of aromatic nitrogens is 2. The highest BCUT2D eigenvalue weighted by Crippen LogP contribution is 2.22. The summed E-state index contributed by atoms with van der Waals surface area (Å²) in [5.41, 5.74) is 4.81. The highest BCUT2D eigenvalue weighted by Gasteiger charge is 2.05. The first kappa shape index (κ1) is 10.9. The van der Waals surface area contributed by atoms with Crippen LogP contribution in [0, 0.1) is 6.92 Å². The van der Waals surface area contributed by atoms with Crippen LogP contribution < -0.4 is 5.32 Å². The molecule has 0 saturated heterocycles. The Morgan fingerprint density at radius 1 is 1.25 bits per heavy atom. The topological polar surface area (TPSA) is 29.9 Å². The van der Waals surface area contributed by atoms with Crippen LogP contribution in [0.5, 0.6) is 0 Å². The van der Waals surface area contributed by atoms with Crippen molar-refractivity contribution in [3.8, 4) is 11.1 Å². The quantitative estimate of drug-likeness (QED) is 0.850. The van der Waals surface area contributed by atoms with Crippen molar-refractivity contribution in [2.45, 2.75) is 13.5 Å². The molecule has 1 aromatic carbocycles. The third-order valence-electron chi connectivity index (χ3n) is 2.66. The lowest BCUT2D eigenvalue weighted by molar-refractivity contribution is 0.756. The van der Waals surface area contributed by atoms with Gasteiger partial charge in [0.05, 0.1) is 5.69 Å². The number of hydrogen-bond donors (Lipinski definition) is 1. The van der Waals surface area contributed by atoms with Crippen LogP contribution in [0.25, 0.3) is 11.1 Å². The lowest BCUT2D eigenvalue weighted by Gasteiger charge is -2.02. The van der Waals surface area contributed by atoms with Gasteiger partial charge >= 0.3 is 0 Å². The fourth-order valence-electron chi connectivity index (χ4n) is 1.89. The zero-order valence-corrected chi connectivity index (χ0v) is 9.99. The molecular formula is C13H17N3. The first-order valence-corrected chi connectivity index (χ1v) is 5.45. The molecule has 0 aliphatic rings. The van der Waals surface area contributed by atoms with Gasteiger partial charge in [-0.15, -0.1) is 0 Å². The molecule has 2 aromatic rings. The van der Waals surface area contributed by atoms with Crippen LogP contribution >= 0.6 is 0 Å². The minimum absolute atomic E-state index is 0.909. The summed E-state index contributed by atoms with van der Waals surface area (Å²) in [6, 6.07) is 8.60. The van der Waals surface area contributed by atoms with Crippen LogP contribution in [0.15, 0.2) is 30.5 Å². The molecular weight excluding hydrogens is 198 g/mol. The Morgan fingerprint density at radius 3 is 2.44 bits per heavy atom. The SMILES string of the molecule is CNCc1ccc(-c2cn(C)nc2C)cc1. The van der Waals surface area contributed by atoms with Crippen LogP contribution in [0.4, 0.5) is 0 Å². The van der Waals surface area contributed by atoms with Crippen molar-refractivity contribution in [1.29, 1.82) is 0 Å². The van der Waals surface area contributed by atoms with Gasteiger partial charge in [-0.25, -0.2) is 0 Å². The third-order valence-corrected chi connectivity index (χ3v) is 2.66. The van der Waals surface area contributed by atoms with E-state index in [0.717, 1.165) is 12.2 Å². The minimum atomic E-state index is 0.909. The van der Waals surface area contributed by atoms with Gasteiger partial charge in [-0.05, 0) is 25.1 Å². The average Bonchev–Trinajstić information content (AvgIpc) is 2.59. The van der Waals surface area contributed by atoms with E-state index >= 15 is 0 Å². The van der Waals surface area contributed by atoms with Gasteiger partial charge in [0.25, 0.3) is 0 Å². The van der Waals surface area contributed by atoms with Crippen molar-refractivity contribution in [3.63, 3.8) is 0 Å². The Labute approximate surface area is 96.1 Å². The van der Waals surface area contributed by atoms with E-state index in [1.54, 1.807) is 0 Å². The molecule has 1 aromatic heterocycles. The maximum absolute atomic E-state index is 4.35. The summed E-state index contributed by atoms with van der Waals surface area (Å²) < 4.78 is 1.85. The van der Waals surface area contributed by atoms with E-state index in [4.69, 9.17) is 0 Å². The van der Waals surface area contributed by atoms with Crippen molar-refractivity contribution >= 4 is 0 Å². The Balaban J connectivity index is 2.31. The second-order valence-electron chi connectivity index (χ2n) is 4.03. The van der Waals surface area contributed by atoms with Gasteiger partial charge in [-0.3, -0.25) is 4.68 Å². The lowest BCUT2D eigenvalue weighted by Crippen LogP contribution is -2.04. The first-order valence-electron chi connectivity index (χ1n) is 5.45. The molecule has 0 aliphatic carbocycles. The summed E-state index contributed by atoms with van der Waals surface area (Å²) in [7, 11) is 3.91. The van der Waals surface area contributed by atoms with E-state index in [0.29, 0.717) is 0 Å². The Kier molecular flexibility index (Phi) is 3.06. The molecule has 0 bridgehead atoms. The van der Waals surface area contributed by atoms with E-state index in [2.05, 4.69) is 40.9 Å². The molecule has 0 unspecified atom stereocenters. The molecule has 3 heteroatoms. The molecule has 0 radical (unpaired) electrons. The number of nitrogens with zero attached hydrogens (tertiary/aromatic N) is 2. The molecule has 0 aliphatic heterocycles. The second-order valence-corrected chi connectivity index (χ2v) is 4.03. The van der Waals surface area contributed by atoms with Crippen LogP contribution in [-0.2, 0) is 13.6 Å². The summed E-state index contributed by atoms with van der Waals surface area (Å²) in [4.78, 5) is 0. The molecule has 84 valence electrons. The van der Waals surface area contributed by atoms with Crippen LogP contribution in [-0.4, -0.2) is 16.8 Å². The number of nitrogens with one attached hydrogen (secondary N) is 1. The van der Waals surface area contributed by atoms with Crippen LogP contribution in [0.3, 0.4) is 0 Å². The molecule has 0 amide bonds.